The quantitative estimate of drug-likeness (QED) is 0.307. The predicted octanol–water partition coefficient (Wildman–Crippen LogP) is 4.94. The first-order valence-corrected chi connectivity index (χ1v) is 12.7. The summed E-state index contributed by atoms with van der Waals surface area (Å²) >= 11 is 0.766. The maximum atomic E-state index is 13.3. The molecule has 0 fully saturated rings. The summed E-state index contributed by atoms with van der Waals surface area (Å²) < 4.78 is 46.6. The highest BCUT2D eigenvalue weighted by atomic mass is 32.1. The summed E-state index contributed by atoms with van der Waals surface area (Å²) in [6, 6.07) is 2.35. The molecule has 0 atom stereocenters. The molecule has 0 bridgehead atoms. The van der Waals surface area contributed by atoms with Gasteiger partial charge in [0, 0.05) is 53.8 Å². The molecule has 10 nitrogen and oxygen atoms in total. The van der Waals surface area contributed by atoms with E-state index in [-0.39, 0.29) is 33.9 Å². The number of aryl methyl sites for hydroxylation is 1. The molecule has 4 aromatic rings. The maximum absolute atomic E-state index is 13.3. The Bertz CT molecular complexity index is 1620. The number of carbonyl (C=O) groups is 2. The van der Waals surface area contributed by atoms with Crippen LogP contribution in [0.5, 0.6) is 0 Å². The van der Waals surface area contributed by atoms with Crippen LogP contribution in [-0.2, 0) is 17.5 Å². The van der Waals surface area contributed by atoms with Crippen LogP contribution in [0.15, 0.2) is 40.9 Å². The number of hydrogen-bond donors (Lipinski definition) is 2. The average molecular weight is 561 g/mol. The number of amides is 2. The molecule has 0 spiro atoms. The molecule has 14 heteroatoms. The monoisotopic (exact) mass is 560 g/mol. The number of esters is 1. The van der Waals surface area contributed by atoms with Crippen molar-refractivity contribution in [3.05, 3.63) is 57.6 Å². The van der Waals surface area contributed by atoms with Gasteiger partial charge >= 0.3 is 18.2 Å². The summed E-state index contributed by atoms with van der Waals surface area (Å²) in [7, 11) is 0. The van der Waals surface area contributed by atoms with Gasteiger partial charge in [-0.15, -0.1) is 11.3 Å². The number of fused-ring (bicyclic) bond motifs is 1. The second-order valence-corrected chi connectivity index (χ2v) is 8.97. The number of hydrogen-bond acceptors (Lipinski definition) is 8. The molecule has 0 radical (unpaired) electrons. The number of anilines is 1. The van der Waals surface area contributed by atoms with Crippen LogP contribution < -0.4 is 16.1 Å². The normalized spacial score (nSPS) is 11.4. The highest BCUT2D eigenvalue weighted by Crippen LogP contribution is 2.38. The summed E-state index contributed by atoms with van der Waals surface area (Å²) in [5.41, 5.74) is -0.616. The van der Waals surface area contributed by atoms with Crippen molar-refractivity contribution in [3.8, 4) is 21.7 Å². The van der Waals surface area contributed by atoms with Crippen molar-refractivity contribution in [1.82, 2.24) is 24.8 Å². The molecule has 0 aliphatic rings. The SMILES string of the molecule is CCNC(=O)Nc1cc(-c2nc(C(F)(F)F)cs2)c(-c2cnc3c(c2)c(=O)c(C(=O)OCC)cn3CC)cn1. The van der Waals surface area contributed by atoms with E-state index in [1.807, 2.05) is 6.92 Å². The number of carbonyl (C=O) groups excluding carboxylic acids is 2. The molecule has 0 unspecified atom stereocenters. The van der Waals surface area contributed by atoms with E-state index >= 15 is 0 Å². The summed E-state index contributed by atoms with van der Waals surface area (Å²) in [6.45, 7) is 6.00. The number of nitrogens with zero attached hydrogens (tertiary/aromatic N) is 4. The molecule has 2 amide bonds. The van der Waals surface area contributed by atoms with Gasteiger partial charge in [0.2, 0.25) is 5.43 Å². The van der Waals surface area contributed by atoms with Gasteiger partial charge in [-0.3, -0.25) is 10.1 Å². The van der Waals surface area contributed by atoms with Gasteiger partial charge in [-0.25, -0.2) is 24.5 Å². The van der Waals surface area contributed by atoms with E-state index in [1.54, 1.807) is 18.4 Å². The van der Waals surface area contributed by atoms with Gasteiger partial charge in [-0.1, -0.05) is 0 Å². The number of halogens is 3. The van der Waals surface area contributed by atoms with Crippen LogP contribution >= 0.6 is 11.3 Å². The highest BCUT2D eigenvalue weighted by molar-refractivity contribution is 7.13. The number of rotatable bonds is 7. The van der Waals surface area contributed by atoms with Crippen molar-refractivity contribution in [2.75, 3.05) is 18.5 Å². The largest absolute Gasteiger partial charge is 0.462 e. The van der Waals surface area contributed by atoms with Gasteiger partial charge in [0.15, 0.2) is 5.69 Å². The van der Waals surface area contributed by atoms with E-state index in [4.69, 9.17) is 4.74 Å². The number of pyridine rings is 3. The van der Waals surface area contributed by atoms with Crippen molar-refractivity contribution >= 4 is 40.2 Å². The average Bonchev–Trinajstić information content (AvgIpc) is 3.40. The van der Waals surface area contributed by atoms with Crippen LogP contribution in [0.25, 0.3) is 32.7 Å². The molecule has 0 aromatic carbocycles. The van der Waals surface area contributed by atoms with Crippen LogP contribution in [0.3, 0.4) is 0 Å². The first-order chi connectivity index (χ1) is 18.6. The Morgan fingerprint density at radius 2 is 1.87 bits per heavy atom. The predicted molar refractivity (Wildman–Crippen MR) is 140 cm³/mol. The Morgan fingerprint density at radius 1 is 1.10 bits per heavy atom. The Morgan fingerprint density at radius 3 is 2.51 bits per heavy atom. The smallest absolute Gasteiger partial charge is 0.434 e. The van der Waals surface area contributed by atoms with Crippen molar-refractivity contribution in [2.45, 2.75) is 33.5 Å². The lowest BCUT2D eigenvalue weighted by molar-refractivity contribution is -0.140. The minimum atomic E-state index is -4.65. The number of thiazole rings is 1. The zero-order valence-corrected chi connectivity index (χ0v) is 21.9. The molecule has 0 saturated carbocycles. The molecule has 4 rings (SSSR count). The molecular weight excluding hydrogens is 537 g/mol. The Balaban J connectivity index is 1.91. The van der Waals surface area contributed by atoms with Gasteiger partial charge < -0.3 is 14.6 Å². The summed E-state index contributed by atoms with van der Waals surface area (Å²) in [6.07, 6.45) is -0.461. The van der Waals surface area contributed by atoms with E-state index in [0.717, 1.165) is 16.7 Å². The maximum Gasteiger partial charge on any atom is 0.434 e. The van der Waals surface area contributed by atoms with E-state index in [0.29, 0.717) is 29.9 Å². The van der Waals surface area contributed by atoms with Crippen LogP contribution in [0.1, 0.15) is 36.8 Å². The van der Waals surface area contributed by atoms with Gasteiger partial charge in [0.05, 0.1) is 12.0 Å². The third-order valence-corrected chi connectivity index (χ3v) is 6.44. The van der Waals surface area contributed by atoms with Gasteiger partial charge in [-0.2, -0.15) is 13.2 Å². The number of nitrogens with one attached hydrogen (secondary N) is 2. The minimum absolute atomic E-state index is 0.0185. The highest BCUT2D eigenvalue weighted by Gasteiger charge is 2.34. The summed E-state index contributed by atoms with van der Waals surface area (Å²) in [5.74, 6) is -0.697. The molecule has 4 aromatic heterocycles. The van der Waals surface area contributed by atoms with Gasteiger partial charge in [0.25, 0.3) is 0 Å². The van der Waals surface area contributed by atoms with Crippen molar-refractivity contribution in [3.63, 3.8) is 0 Å². The van der Waals surface area contributed by atoms with Crippen LogP contribution in [-0.4, -0.2) is 44.7 Å². The molecule has 2 N–H and O–H groups in total. The first-order valence-electron chi connectivity index (χ1n) is 11.9. The third kappa shape index (κ3) is 5.74. The van der Waals surface area contributed by atoms with E-state index in [2.05, 4.69) is 25.6 Å². The first kappa shape index (κ1) is 27.7. The Kier molecular flexibility index (Phi) is 7.95. The lowest BCUT2D eigenvalue weighted by Crippen LogP contribution is -2.28. The second-order valence-electron chi connectivity index (χ2n) is 8.11. The topological polar surface area (TPSA) is 128 Å². The Hall–Kier alpha value is -4.33. The zero-order chi connectivity index (χ0) is 28.3. The fourth-order valence-electron chi connectivity index (χ4n) is 3.80. The summed E-state index contributed by atoms with van der Waals surface area (Å²) in [4.78, 5) is 50.1. The lowest BCUT2D eigenvalue weighted by atomic mass is 10.0. The van der Waals surface area contributed by atoms with Crippen molar-refractivity contribution in [1.29, 1.82) is 0 Å². The molecule has 39 heavy (non-hydrogen) atoms. The molecule has 4 heterocycles. The van der Waals surface area contributed by atoms with Crippen LogP contribution in [0.2, 0.25) is 0 Å². The number of alkyl halides is 3. The summed E-state index contributed by atoms with van der Waals surface area (Å²) in [5, 5.41) is 6.10. The lowest BCUT2D eigenvalue weighted by Gasteiger charge is -2.13. The van der Waals surface area contributed by atoms with E-state index in [1.165, 1.54) is 30.7 Å². The van der Waals surface area contributed by atoms with Crippen molar-refractivity contribution in [2.24, 2.45) is 0 Å². The van der Waals surface area contributed by atoms with Crippen LogP contribution in [0, 0.1) is 0 Å². The molecule has 0 aliphatic heterocycles. The Labute approximate surface area is 223 Å². The second kappa shape index (κ2) is 11.2. The minimum Gasteiger partial charge on any atom is -0.462 e. The fraction of sp³-hybridized carbons (Fsp3) is 0.280. The van der Waals surface area contributed by atoms with Gasteiger partial charge in [-0.05, 0) is 32.9 Å². The standard InChI is InChI=1S/C25H23F3N6O4S/c1-4-29-24(37)33-19-8-14(22-32-18(12-39-22)25(26,27)28)16(10-30-19)13-7-15-20(35)17(23(36)38-6-3)11-34(5-2)21(15)31-9-13/h7-12H,4-6H2,1-3H3,(H2,29,30,33,37). The van der Waals surface area contributed by atoms with E-state index < -0.39 is 29.3 Å². The molecule has 204 valence electrons. The van der Waals surface area contributed by atoms with E-state index in [9.17, 15) is 27.6 Å². The fourth-order valence-corrected chi connectivity index (χ4v) is 4.65. The zero-order valence-electron chi connectivity index (χ0n) is 21.0. The van der Waals surface area contributed by atoms with Gasteiger partial charge in [0.1, 0.15) is 22.0 Å². The number of aromatic nitrogens is 4. The molecule has 0 aliphatic carbocycles. The third-order valence-electron chi connectivity index (χ3n) is 5.57. The molecule has 0 saturated heterocycles. The number of ether oxygens (including phenoxy) is 1. The number of urea groups is 1. The van der Waals surface area contributed by atoms with Crippen LogP contribution in [0.4, 0.5) is 23.8 Å². The van der Waals surface area contributed by atoms with Crippen molar-refractivity contribution < 1.29 is 27.5 Å². The molecular formula is C25H23F3N6O4S.